The average molecular weight is 181 g/mol. The Morgan fingerprint density at radius 2 is 1.85 bits per heavy atom. The molecule has 0 aliphatic rings. The molecule has 1 amide bonds. The normalized spacial score (nSPS) is 7.15. The molecule has 5 nitrogen and oxygen atoms in total. The summed E-state index contributed by atoms with van der Waals surface area (Å²) >= 11 is 0. The van der Waals surface area contributed by atoms with Gasteiger partial charge < -0.3 is 4.74 Å². The lowest BCUT2D eigenvalue weighted by Crippen LogP contribution is -2.34. The predicted molar refractivity (Wildman–Crippen MR) is 46.4 cm³/mol. The van der Waals surface area contributed by atoms with Gasteiger partial charge in [0.1, 0.15) is 12.1 Å². The van der Waals surface area contributed by atoms with Crippen LogP contribution in [-0.2, 0) is 4.74 Å². The molecule has 0 aromatic carbocycles. The minimum Gasteiger partial charge on any atom is -0.453 e. The molecular weight excluding hydrogens is 170 g/mol. The second-order valence-corrected chi connectivity index (χ2v) is 1.74. The molecule has 0 aromatic heterocycles. The first-order valence-electron chi connectivity index (χ1n) is 3.27. The Labute approximate surface area is 77.4 Å². The summed E-state index contributed by atoms with van der Waals surface area (Å²) in [6.45, 7) is 6.00. The number of nitrogens with zero attached hydrogens (tertiary/aromatic N) is 3. The van der Waals surface area contributed by atoms with Crippen LogP contribution in [0.2, 0.25) is 0 Å². The first kappa shape index (κ1) is 13.6. The summed E-state index contributed by atoms with van der Waals surface area (Å²) in [6.07, 6.45) is -0.696. The second-order valence-electron chi connectivity index (χ2n) is 1.74. The molecule has 5 heteroatoms. The molecule has 0 N–H and O–H groups in total. The number of amides is 1. The topological polar surface area (TPSA) is 77.1 Å². The van der Waals surface area contributed by atoms with Gasteiger partial charge in [-0.3, -0.25) is 4.90 Å². The smallest absolute Gasteiger partial charge is 0.411 e. The molecule has 0 aliphatic heterocycles. The Bertz CT molecular complexity index is 225. The van der Waals surface area contributed by atoms with Crippen molar-refractivity contribution in [2.75, 3.05) is 14.2 Å². The zero-order valence-electron chi connectivity index (χ0n) is 7.65. The Hall–Kier alpha value is -2.01. The Morgan fingerprint density at radius 1 is 1.46 bits per heavy atom. The summed E-state index contributed by atoms with van der Waals surface area (Å²) in [5, 5.41) is 16.6. The third-order valence-electron chi connectivity index (χ3n) is 1.09. The van der Waals surface area contributed by atoms with Crippen LogP contribution in [0.5, 0.6) is 0 Å². The van der Waals surface area contributed by atoms with E-state index in [9.17, 15) is 4.79 Å². The van der Waals surface area contributed by atoms with E-state index in [1.807, 2.05) is 0 Å². The van der Waals surface area contributed by atoms with Crippen LogP contribution in [0.4, 0.5) is 4.79 Å². The first-order chi connectivity index (χ1) is 6.17. The minimum absolute atomic E-state index is 0.696. The van der Waals surface area contributed by atoms with E-state index < -0.39 is 12.1 Å². The highest BCUT2D eigenvalue weighted by atomic mass is 16.5. The predicted octanol–water partition coefficient (Wildman–Crippen LogP) is 0.903. The summed E-state index contributed by atoms with van der Waals surface area (Å²) < 4.78 is 4.28. The van der Waals surface area contributed by atoms with Crippen molar-refractivity contribution in [3.05, 3.63) is 13.2 Å². The highest BCUT2D eigenvalue weighted by Crippen LogP contribution is 1.95. The van der Waals surface area contributed by atoms with E-state index in [0.717, 1.165) is 4.90 Å². The fourth-order valence-electron chi connectivity index (χ4n) is 0.451. The molecule has 0 radical (unpaired) electrons. The fraction of sp³-hybridized carbons (Fsp3) is 0.375. The van der Waals surface area contributed by atoms with Gasteiger partial charge in [-0.1, -0.05) is 0 Å². The molecule has 0 saturated heterocycles. The van der Waals surface area contributed by atoms with Crippen LogP contribution < -0.4 is 0 Å². The summed E-state index contributed by atoms with van der Waals surface area (Å²) in [6, 6.07) is 2.18. The van der Waals surface area contributed by atoms with Crippen molar-refractivity contribution < 1.29 is 9.53 Å². The Kier molecular flexibility index (Phi) is 8.45. The SMILES string of the molecule is C=C.COC(=O)N(C)C(C#N)C#N. The molecular formula is C8H11N3O2. The van der Waals surface area contributed by atoms with Crippen molar-refractivity contribution in [1.29, 1.82) is 10.5 Å². The van der Waals surface area contributed by atoms with Crippen molar-refractivity contribution in [3.8, 4) is 12.1 Å². The lowest BCUT2D eigenvalue weighted by molar-refractivity contribution is 0.132. The molecule has 13 heavy (non-hydrogen) atoms. The number of carbonyl (C=O) groups excluding carboxylic acids is 1. The first-order valence-corrected chi connectivity index (χ1v) is 3.27. The quantitative estimate of drug-likeness (QED) is 0.563. The van der Waals surface area contributed by atoms with E-state index in [1.54, 1.807) is 12.1 Å². The molecule has 70 valence electrons. The van der Waals surface area contributed by atoms with E-state index in [0.29, 0.717) is 0 Å². The van der Waals surface area contributed by atoms with E-state index in [-0.39, 0.29) is 0 Å². The Morgan fingerprint density at radius 3 is 2.08 bits per heavy atom. The van der Waals surface area contributed by atoms with E-state index in [2.05, 4.69) is 17.9 Å². The van der Waals surface area contributed by atoms with Crippen LogP contribution >= 0.6 is 0 Å². The molecule has 0 heterocycles. The number of carbonyl (C=O) groups is 1. The number of nitriles is 2. The average Bonchev–Trinajstić information content (AvgIpc) is 2.21. The minimum atomic E-state index is -1.08. The zero-order chi connectivity index (χ0) is 10.9. The van der Waals surface area contributed by atoms with Crippen LogP contribution in [-0.4, -0.2) is 31.2 Å². The van der Waals surface area contributed by atoms with Crippen molar-refractivity contribution in [1.82, 2.24) is 4.90 Å². The van der Waals surface area contributed by atoms with Crippen LogP contribution in [0.3, 0.4) is 0 Å². The number of rotatable bonds is 1. The lowest BCUT2D eigenvalue weighted by atomic mass is 10.3. The molecule has 0 spiro atoms. The van der Waals surface area contributed by atoms with Crippen LogP contribution in [0.1, 0.15) is 0 Å². The largest absolute Gasteiger partial charge is 0.453 e. The third-order valence-corrected chi connectivity index (χ3v) is 1.09. The second kappa shape index (κ2) is 8.09. The van der Waals surface area contributed by atoms with Gasteiger partial charge in [-0.05, 0) is 0 Å². The van der Waals surface area contributed by atoms with E-state index >= 15 is 0 Å². The van der Waals surface area contributed by atoms with Gasteiger partial charge in [-0.15, -0.1) is 13.2 Å². The van der Waals surface area contributed by atoms with E-state index in [4.69, 9.17) is 10.5 Å². The van der Waals surface area contributed by atoms with Crippen LogP contribution in [0, 0.1) is 22.7 Å². The summed E-state index contributed by atoms with van der Waals surface area (Å²) in [5.74, 6) is 0. The van der Waals surface area contributed by atoms with Gasteiger partial charge in [0.05, 0.1) is 7.11 Å². The summed E-state index contributed by atoms with van der Waals surface area (Å²) in [5.41, 5.74) is 0. The molecule has 0 aromatic rings. The number of methoxy groups -OCH3 is 1. The van der Waals surface area contributed by atoms with Gasteiger partial charge in [0, 0.05) is 7.05 Å². The van der Waals surface area contributed by atoms with Crippen molar-refractivity contribution in [3.63, 3.8) is 0 Å². The highest BCUT2D eigenvalue weighted by molar-refractivity contribution is 5.68. The molecule has 0 atom stereocenters. The number of hydrogen-bond donors (Lipinski definition) is 0. The van der Waals surface area contributed by atoms with Gasteiger partial charge in [0.15, 0.2) is 0 Å². The highest BCUT2D eigenvalue weighted by Gasteiger charge is 2.18. The van der Waals surface area contributed by atoms with Crippen molar-refractivity contribution in [2.45, 2.75) is 6.04 Å². The molecule has 0 unspecified atom stereocenters. The molecule has 0 rings (SSSR count). The van der Waals surface area contributed by atoms with Crippen LogP contribution in [0.25, 0.3) is 0 Å². The Balaban J connectivity index is 0. The monoisotopic (exact) mass is 181 g/mol. The van der Waals surface area contributed by atoms with Crippen LogP contribution in [0.15, 0.2) is 13.2 Å². The van der Waals surface area contributed by atoms with Crippen molar-refractivity contribution in [2.24, 2.45) is 0 Å². The van der Waals surface area contributed by atoms with Crippen molar-refractivity contribution >= 4 is 6.09 Å². The number of ether oxygens (including phenoxy) is 1. The fourth-order valence-corrected chi connectivity index (χ4v) is 0.451. The molecule has 0 saturated carbocycles. The molecule has 0 aliphatic carbocycles. The lowest BCUT2D eigenvalue weighted by Gasteiger charge is -2.14. The third kappa shape index (κ3) is 4.44. The van der Waals surface area contributed by atoms with Gasteiger partial charge in [-0.2, -0.15) is 10.5 Å². The van der Waals surface area contributed by atoms with Gasteiger partial charge in [0.25, 0.3) is 0 Å². The maximum Gasteiger partial charge on any atom is 0.411 e. The summed E-state index contributed by atoms with van der Waals surface area (Å²) in [4.78, 5) is 11.6. The maximum absolute atomic E-state index is 10.7. The van der Waals surface area contributed by atoms with E-state index in [1.165, 1.54) is 14.2 Å². The van der Waals surface area contributed by atoms with Gasteiger partial charge >= 0.3 is 6.09 Å². The summed E-state index contributed by atoms with van der Waals surface area (Å²) in [7, 11) is 2.51. The molecule has 0 fully saturated rings. The maximum atomic E-state index is 10.7. The standard InChI is InChI=1S/C6H7N3O2.C2H4/c1-9(6(10)11-2)5(3-7)4-8;1-2/h5H,1-2H3;1-2H2. The van der Waals surface area contributed by atoms with Gasteiger partial charge in [-0.25, -0.2) is 4.79 Å². The van der Waals surface area contributed by atoms with Gasteiger partial charge in [0.2, 0.25) is 6.04 Å². The zero-order valence-corrected chi connectivity index (χ0v) is 7.65. The molecule has 0 bridgehead atoms. The number of hydrogen-bond acceptors (Lipinski definition) is 4.